The standard InChI is InChI=1S/C17H15N3O4S/c1-11-9-13(19-24-11)15(21)18-7-8-20-16(22)14(25-17(20)23)10-12-5-3-2-4-6-12/h2-6,9-10H,7-8H2,1H3,(H,18,21). The molecule has 0 aliphatic carbocycles. The summed E-state index contributed by atoms with van der Waals surface area (Å²) in [5.41, 5.74) is 1.01. The zero-order valence-electron chi connectivity index (χ0n) is 13.4. The van der Waals surface area contributed by atoms with Crippen LogP contribution in [0.5, 0.6) is 0 Å². The minimum atomic E-state index is -0.413. The average Bonchev–Trinajstić information content (AvgIpc) is 3.14. The summed E-state index contributed by atoms with van der Waals surface area (Å²) in [4.78, 5) is 37.7. The molecule has 0 unspecified atom stereocenters. The molecule has 7 nitrogen and oxygen atoms in total. The van der Waals surface area contributed by atoms with E-state index in [9.17, 15) is 14.4 Å². The van der Waals surface area contributed by atoms with Crippen LogP contribution in [-0.2, 0) is 4.79 Å². The maximum Gasteiger partial charge on any atom is 0.293 e. The molecular weight excluding hydrogens is 342 g/mol. The van der Waals surface area contributed by atoms with Gasteiger partial charge in [-0.3, -0.25) is 19.3 Å². The van der Waals surface area contributed by atoms with E-state index in [-0.39, 0.29) is 29.9 Å². The monoisotopic (exact) mass is 357 g/mol. The van der Waals surface area contributed by atoms with Crippen molar-refractivity contribution in [2.75, 3.05) is 13.1 Å². The SMILES string of the molecule is Cc1cc(C(=O)NCCN2C(=O)SC(=Cc3ccccc3)C2=O)no1. The molecule has 0 saturated carbocycles. The largest absolute Gasteiger partial charge is 0.361 e. The van der Waals surface area contributed by atoms with E-state index in [1.807, 2.05) is 30.3 Å². The number of aromatic nitrogens is 1. The Morgan fingerprint density at radius 1 is 1.32 bits per heavy atom. The Morgan fingerprint density at radius 2 is 2.08 bits per heavy atom. The van der Waals surface area contributed by atoms with Crippen molar-refractivity contribution in [3.8, 4) is 0 Å². The third kappa shape index (κ3) is 3.97. The van der Waals surface area contributed by atoms with Crippen molar-refractivity contribution in [3.05, 3.63) is 58.3 Å². The summed E-state index contributed by atoms with van der Waals surface area (Å²) in [7, 11) is 0. The van der Waals surface area contributed by atoms with Crippen LogP contribution in [0.4, 0.5) is 4.79 Å². The summed E-state index contributed by atoms with van der Waals surface area (Å²) >= 11 is 0.894. The first-order valence-corrected chi connectivity index (χ1v) is 8.38. The fourth-order valence-corrected chi connectivity index (χ4v) is 3.10. The number of thioether (sulfide) groups is 1. The molecule has 1 saturated heterocycles. The van der Waals surface area contributed by atoms with Crippen LogP contribution in [0.1, 0.15) is 21.8 Å². The molecule has 1 aromatic carbocycles. The highest BCUT2D eigenvalue weighted by Gasteiger charge is 2.34. The van der Waals surface area contributed by atoms with Crippen LogP contribution in [0.2, 0.25) is 0 Å². The van der Waals surface area contributed by atoms with Crippen molar-refractivity contribution in [1.82, 2.24) is 15.4 Å². The van der Waals surface area contributed by atoms with Gasteiger partial charge in [0, 0.05) is 19.2 Å². The lowest BCUT2D eigenvalue weighted by Crippen LogP contribution is -2.37. The fraction of sp³-hybridized carbons (Fsp3) is 0.176. The van der Waals surface area contributed by atoms with Gasteiger partial charge in [0.25, 0.3) is 17.1 Å². The van der Waals surface area contributed by atoms with Crippen molar-refractivity contribution in [2.24, 2.45) is 0 Å². The van der Waals surface area contributed by atoms with Gasteiger partial charge in [0.2, 0.25) is 0 Å². The molecule has 3 rings (SSSR count). The van der Waals surface area contributed by atoms with Crippen LogP contribution in [0.3, 0.4) is 0 Å². The topological polar surface area (TPSA) is 92.5 Å². The summed E-state index contributed by atoms with van der Waals surface area (Å²) in [6.45, 7) is 1.92. The van der Waals surface area contributed by atoms with Gasteiger partial charge < -0.3 is 9.84 Å². The molecular formula is C17H15N3O4S. The minimum absolute atomic E-state index is 0.0966. The van der Waals surface area contributed by atoms with Gasteiger partial charge in [-0.25, -0.2) is 0 Å². The highest BCUT2D eigenvalue weighted by Crippen LogP contribution is 2.31. The number of nitrogens with one attached hydrogen (secondary N) is 1. The zero-order valence-corrected chi connectivity index (χ0v) is 14.2. The third-order valence-corrected chi connectivity index (χ3v) is 4.36. The maximum absolute atomic E-state index is 12.3. The van der Waals surface area contributed by atoms with E-state index in [1.54, 1.807) is 13.0 Å². The van der Waals surface area contributed by atoms with Gasteiger partial charge in [-0.15, -0.1) is 0 Å². The highest BCUT2D eigenvalue weighted by atomic mass is 32.2. The number of rotatable bonds is 5. The number of hydrogen-bond donors (Lipinski definition) is 1. The van der Waals surface area contributed by atoms with Crippen molar-refractivity contribution in [3.63, 3.8) is 0 Å². The zero-order chi connectivity index (χ0) is 17.8. The average molecular weight is 357 g/mol. The van der Waals surface area contributed by atoms with Gasteiger partial charge in [0.15, 0.2) is 5.69 Å². The molecule has 1 aromatic heterocycles. The Bertz CT molecular complexity index is 845. The van der Waals surface area contributed by atoms with Crippen molar-refractivity contribution in [1.29, 1.82) is 0 Å². The Morgan fingerprint density at radius 3 is 2.76 bits per heavy atom. The van der Waals surface area contributed by atoms with Crippen LogP contribution in [0, 0.1) is 6.92 Å². The molecule has 1 aliphatic heterocycles. The van der Waals surface area contributed by atoms with E-state index in [1.165, 1.54) is 6.07 Å². The van der Waals surface area contributed by atoms with Crippen molar-refractivity contribution >= 4 is 34.9 Å². The molecule has 0 atom stereocenters. The van der Waals surface area contributed by atoms with E-state index in [0.717, 1.165) is 22.2 Å². The number of aryl methyl sites for hydroxylation is 1. The first kappa shape index (κ1) is 17.0. The smallest absolute Gasteiger partial charge is 0.293 e. The molecule has 1 aliphatic rings. The highest BCUT2D eigenvalue weighted by molar-refractivity contribution is 8.18. The predicted octanol–water partition coefficient (Wildman–Crippen LogP) is 2.45. The quantitative estimate of drug-likeness (QED) is 0.826. The molecule has 0 radical (unpaired) electrons. The summed E-state index contributed by atoms with van der Waals surface area (Å²) in [5, 5.41) is 5.87. The lowest BCUT2D eigenvalue weighted by atomic mass is 10.2. The normalized spacial score (nSPS) is 15.9. The summed E-state index contributed by atoms with van der Waals surface area (Å²) in [6, 6.07) is 10.8. The number of benzene rings is 1. The predicted molar refractivity (Wildman–Crippen MR) is 92.7 cm³/mol. The number of nitrogens with zero attached hydrogens (tertiary/aromatic N) is 2. The van der Waals surface area contributed by atoms with Crippen LogP contribution < -0.4 is 5.32 Å². The number of carbonyl (C=O) groups is 3. The molecule has 3 amide bonds. The number of imide groups is 1. The second kappa shape index (κ2) is 7.35. The molecule has 1 N–H and O–H groups in total. The van der Waals surface area contributed by atoms with Crippen LogP contribution in [0.15, 0.2) is 45.8 Å². The molecule has 25 heavy (non-hydrogen) atoms. The first-order valence-electron chi connectivity index (χ1n) is 7.56. The van der Waals surface area contributed by atoms with Gasteiger partial charge in [-0.1, -0.05) is 35.5 Å². The van der Waals surface area contributed by atoms with Gasteiger partial charge in [-0.2, -0.15) is 0 Å². The van der Waals surface area contributed by atoms with E-state index in [4.69, 9.17) is 4.52 Å². The Kier molecular flexibility index (Phi) is 4.99. The molecule has 0 spiro atoms. The second-order valence-electron chi connectivity index (χ2n) is 5.32. The molecule has 0 bridgehead atoms. The fourth-order valence-electron chi connectivity index (χ4n) is 2.24. The second-order valence-corrected chi connectivity index (χ2v) is 6.32. The molecule has 2 aromatic rings. The lowest BCUT2D eigenvalue weighted by molar-refractivity contribution is -0.122. The van der Waals surface area contributed by atoms with Crippen LogP contribution >= 0.6 is 11.8 Å². The molecule has 1 fully saturated rings. The van der Waals surface area contributed by atoms with E-state index in [2.05, 4.69) is 10.5 Å². The Hall–Kier alpha value is -2.87. The van der Waals surface area contributed by atoms with Gasteiger partial charge in [0.1, 0.15) is 5.76 Å². The van der Waals surface area contributed by atoms with Crippen LogP contribution in [-0.4, -0.2) is 40.2 Å². The summed E-state index contributed by atoms with van der Waals surface area (Å²) in [5.74, 6) is -0.240. The van der Waals surface area contributed by atoms with Gasteiger partial charge in [0.05, 0.1) is 4.91 Å². The van der Waals surface area contributed by atoms with Gasteiger partial charge in [-0.05, 0) is 30.3 Å². The van der Waals surface area contributed by atoms with E-state index in [0.29, 0.717) is 10.7 Å². The summed E-state index contributed by atoms with van der Waals surface area (Å²) < 4.78 is 4.83. The molecule has 128 valence electrons. The number of amides is 3. The Balaban J connectivity index is 1.58. The Labute approximate surface area is 148 Å². The van der Waals surface area contributed by atoms with Crippen molar-refractivity contribution in [2.45, 2.75) is 6.92 Å². The first-order chi connectivity index (χ1) is 12.0. The van der Waals surface area contributed by atoms with Crippen LogP contribution in [0.25, 0.3) is 6.08 Å². The minimum Gasteiger partial charge on any atom is -0.361 e. The molecule has 8 heteroatoms. The summed E-state index contributed by atoms with van der Waals surface area (Å²) in [6.07, 6.45) is 1.68. The van der Waals surface area contributed by atoms with E-state index < -0.39 is 5.91 Å². The maximum atomic E-state index is 12.3. The third-order valence-electron chi connectivity index (χ3n) is 3.45. The van der Waals surface area contributed by atoms with Gasteiger partial charge >= 0.3 is 0 Å². The molecule has 2 heterocycles. The lowest BCUT2D eigenvalue weighted by Gasteiger charge is -2.12. The van der Waals surface area contributed by atoms with Crippen molar-refractivity contribution < 1.29 is 18.9 Å². The number of carbonyl (C=O) groups excluding carboxylic acids is 3. The van der Waals surface area contributed by atoms with E-state index >= 15 is 0 Å². The number of hydrogen-bond acceptors (Lipinski definition) is 6.